The van der Waals surface area contributed by atoms with Gasteiger partial charge in [0.25, 0.3) is 0 Å². The molecule has 4 nitrogen and oxygen atoms in total. The van der Waals surface area contributed by atoms with Crippen LogP contribution in [0.1, 0.15) is 25.8 Å². The monoisotopic (exact) mass is 302 g/mol. The minimum atomic E-state index is -3.50. The van der Waals surface area contributed by atoms with Gasteiger partial charge in [-0.05, 0) is 26.5 Å². The lowest BCUT2D eigenvalue weighted by Crippen LogP contribution is -2.37. The molecular weight excluding hydrogens is 279 g/mol. The smallest absolute Gasteiger partial charge is 0.215 e. The number of rotatable bonds is 8. The zero-order chi connectivity index (χ0) is 15.2. The first kappa shape index (κ1) is 17.1. The Morgan fingerprint density at radius 2 is 2.00 bits per heavy atom. The van der Waals surface area contributed by atoms with Crippen LogP contribution in [-0.2, 0) is 15.8 Å². The van der Waals surface area contributed by atoms with E-state index in [1.807, 2.05) is 7.05 Å². The van der Waals surface area contributed by atoms with E-state index in [1.54, 1.807) is 12.1 Å². The summed E-state index contributed by atoms with van der Waals surface area (Å²) in [7, 11) is -1.54. The Hall–Kier alpha value is -0.980. The molecule has 0 aromatic heterocycles. The van der Waals surface area contributed by atoms with E-state index in [4.69, 9.17) is 0 Å². The van der Waals surface area contributed by atoms with Gasteiger partial charge < -0.3 is 4.90 Å². The Balaban J connectivity index is 2.49. The highest BCUT2D eigenvalue weighted by Crippen LogP contribution is 2.09. The molecule has 20 heavy (non-hydrogen) atoms. The van der Waals surface area contributed by atoms with E-state index in [0.29, 0.717) is 19.1 Å². The summed E-state index contributed by atoms with van der Waals surface area (Å²) < 4.78 is 39.7. The number of nitrogens with one attached hydrogen (secondary N) is 1. The second-order valence-corrected chi connectivity index (χ2v) is 6.79. The standard InChI is InChI=1S/C14H23FN2O2S/c1-4-12(2)17(3)10-9-16-20(18,19)11-13-7-5-6-8-14(13)15/h5-8,12,16H,4,9-11H2,1-3H3/t12-/m1/s1. The predicted octanol–water partition coefficient (Wildman–Crippen LogP) is 1.98. The Morgan fingerprint density at radius 3 is 2.60 bits per heavy atom. The summed E-state index contributed by atoms with van der Waals surface area (Å²) in [5.41, 5.74) is 0.190. The van der Waals surface area contributed by atoms with Gasteiger partial charge in [0.2, 0.25) is 10.0 Å². The number of hydrogen-bond acceptors (Lipinski definition) is 3. The van der Waals surface area contributed by atoms with Gasteiger partial charge in [0.15, 0.2) is 0 Å². The average molecular weight is 302 g/mol. The molecule has 114 valence electrons. The lowest BCUT2D eigenvalue weighted by Gasteiger charge is -2.23. The lowest BCUT2D eigenvalue weighted by atomic mass is 10.2. The summed E-state index contributed by atoms with van der Waals surface area (Å²) >= 11 is 0. The average Bonchev–Trinajstić information content (AvgIpc) is 2.40. The van der Waals surface area contributed by atoms with Gasteiger partial charge in [-0.15, -0.1) is 0 Å². The fraction of sp³-hybridized carbons (Fsp3) is 0.571. The van der Waals surface area contributed by atoms with E-state index in [2.05, 4.69) is 23.5 Å². The van der Waals surface area contributed by atoms with Crippen LogP contribution >= 0.6 is 0 Å². The molecule has 1 aromatic carbocycles. The summed E-state index contributed by atoms with van der Waals surface area (Å²) in [5, 5.41) is 0. The van der Waals surface area contributed by atoms with Crippen molar-refractivity contribution in [3.05, 3.63) is 35.6 Å². The number of halogens is 1. The zero-order valence-corrected chi connectivity index (χ0v) is 13.1. The summed E-state index contributed by atoms with van der Waals surface area (Å²) in [6.45, 7) is 5.14. The Morgan fingerprint density at radius 1 is 1.35 bits per heavy atom. The molecule has 1 aromatic rings. The molecule has 0 fully saturated rings. The highest BCUT2D eigenvalue weighted by Gasteiger charge is 2.14. The van der Waals surface area contributed by atoms with E-state index in [9.17, 15) is 12.8 Å². The maximum absolute atomic E-state index is 13.4. The predicted molar refractivity (Wildman–Crippen MR) is 79.4 cm³/mol. The topological polar surface area (TPSA) is 49.4 Å². The van der Waals surface area contributed by atoms with Gasteiger partial charge in [-0.1, -0.05) is 25.1 Å². The third kappa shape index (κ3) is 5.56. The molecule has 0 radical (unpaired) electrons. The van der Waals surface area contributed by atoms with Gasteiger partial charge in [-0.25, -0.2) is 17.5 Å². The van der Waals surface area contributed by atoms with Crippen molar-refractivity contribution < 1.29 is 12.8 Å². The largest absolute Gasteiger partial charge is 0.302 e. The first-order valence-corrected chi connectivity index (χ1v) is 8.42. The molecule has 0 spiro atoms. The summed E-state index contributed by atoms with van der Waals surface area (Å²) in [5.74, 6) is -0.818. The molecule has 1 N–H and O–H groups in total. The molecule has 0 aliphatic rings. The molecule has 0 unspecified atom stereocenters. The van der Waals surface area contributed by atoms with Crippen molar-refractivity contribution in [1.82, 2.24) is 9.62 Å². The van der Waals surface area contributed by atoms with Gasteiger partial charge >= 0.3 is 0 Å². The molecule has 0 aliphatic heterocycles. The maximum atomic E-state index is 13.4. The molecular formula is C14H23FN2O2S. The Kier molecular flexibility index (Phi) is 6.58. The Bertz CT molecular complexity index is 520. The molecule has 0 heterocycles. The first-order chi connectivity index (χ1) is 9.35. The van der Waals surface area contributed by atoms with Gasteiger partial charge in [0.05, 0.1) is 5.75 Å². The van der Waals surface area contributed by atoms with Crippen LogP contribution in [0.2, 0.25) is 0 Å². The van der Waals surface area contributed by atoms with Crippen LogP contribution in [0.3, 0.4) is 0 Å². The molecule has 0 bridgehead atoms. The van der Waals surface area contributed by atoms with Gasteiger partial charge in [-0.3, -0.25) is 0 Å². The second-order valence-electron chi connectivity index (χ2n) is 4.98. The molecule has 6 heteroatoms. The number of hydrogen-bond donors (Lipinski definition) is 1. The van der Waals surface area contributed by atoms with Crippen LogP contribution in [0.15, 0.2) is 24.3 Å². The third-order valence-electron chi connectivity index (χ3n) is 3.43. The fourth-order valence-corrected chi connectivity index (χ4v) is 2.93. The highest BCUT2D eigenvalue weighted by atomic mass is 32.2. The number of sulfonamides is 1. The van der Waals surface area contributed by atoms with Gasteiger partial charge in [-0.2, -0.15) is 0 Å². The van der Waals surface area contributed by atoms with Crippen LogP contribution < -0.4 is 4.72 Å². The van der Waals surface area contributed by atoms with Crippen molar-refractivity contribution >= 4 is 10.0 Å². The first-order valence-electron chi connectivity index (χ1n) is 6.76. The summed E-state index contributed by atoms with van der Waals surface area (Å²) in [6.07, 6.45) is 1.01. The number of nitrogens with zero attached hydrogens (tertiary/aromatic N) is 1. The second kappa shape index (κ2) is 7.71. The van der Waals surface area contributed by atoms with E-state index < -0.39 is 15.8 Å². The van der Waals surface area contributed by atoms with Crippen LogP contribution in [0.5, 0.6) is 0 Å². The maximum Gasteiger partial charge on any atom is 0.215 e. The quantitative estimate of drug-likeness (QED) is 0.799. The van der Waals surface area contributed by atoms with Crippen molar-refractivity contribution in [2.45, 2.75) is 32.1 Å². The molecule has 0 saturated carbocycles. The van der Waals surface area contributed by atoms with Crippen LogP contribution in [0, 0.1) is 5.82 Å². The number of benzene rings is 1. The molecule has 0 amide bonds. The van der Waals surface area contributed by atoms with E-state index in [0.717, 1.165) is 6.42 Å². The minimum absolute atomic E-state index is 0.190. The van der Waals surface area contributed by atoms with Crippen LogP contribution in [0.4, 0.5) is 4.39 Å². The van der Waals surface area contributed by atoms with E-state index in [1.165, 1.54) is 12.1 Å². The zero-order valence-electron chi connectivity index (χ0n) is 12.3. The molecule has 0 saturated heterocycles. The van der Waals surface area contributed by atoms with Crippen molar-refractivity contribution in [3.8, 4) is 0 Å². The molecule has 1 rings (SSSR count). The van der Waals surface area contributed by atoms with E-state index in [-0.39, 0.29) is 11.3 Å². The van der Waals surface area contributed by atoms with Gasteiger partial charge in [0.1, 0.15) is 5.82 Å². The lowest BCUT2D eigenvalue weighted by molar-refractivity contribution is 0.256. The summed E-state index contributed by atoms with van der Waals surface area (Å²) in [4.78, 5) is 2.09. The molecule has 1 atom stereocenters. The third-order valence-corrected chi connectivity index (χ3v) is 4.77. The van der Waals surface area contributed by atoms with Crippen molar-refractivity contribution in [2.75, 3.05) is 20.1 Å². The minimum Gasteiger partial charge on any atom is -0.302 e. The van der Waals surface area contributed by atoms with E-state index >= 15 is 0 Å². The van der Waals surface area contributed by atoms with Crippen LogP contribution in [0.25, 0.3) is 0 Å². The van der Waals surface area contributed by atoms with Crippen molar-refractivity contribution in [1.29, 1.82) is 0 Å². The fourth-order valence-electron chi connectivity index (χ4n) is 1.78. The number of likely N-dealkylation sites (N-methyl/N-ethyl adjacent to an activating group) is 1. The van der Waals surface area contributed by atoms with Crippen molar-refractivity contribution in [3.63, 3.8) is 0 Å². The molecule has 0 aliphatic carbocycles. The van der Waals surface area contributed by atoms with Gasteiger partial charge in [0, 0.05) is 24.7 Å². The highest BCUT2D eigenvalue weighted by molar-refractivity contribution is 7.88. The SMILES string of the molecule is CC[C@@H](C)N(C)CCNS(=O)(=O)Cc1ccccc1F. The van der Waals surface area contributed by atoms with Crippen LogP contribution in [-0.4, -0.2) is 39.5 Å². The normalized spacial score (nSPS) is 13.7. The Labute approximate surface area is 121 Å². The summed E-state index contributed by atoms with van der Waals surface area (Å²) in [6, 6.07) is 6.33. The van der Waals surface area contributed by atoms with Crippen molar-refractivity contribution in [2.24, 2.45) is 0 Å².